The molecule has 0 amide bonds. The minimum atomic E-state index is -5.69. The van der Waals surface area contributed by atoms with E-state index in [1.165, 1.54) is 0 Å². The summed E-state index contributed by atoms with van der Waals surface area (Å²) >= 11 is 0. The molecule has 11 heavy (non-hydrogen) atoms. The molecule has 0 N–H and O–H groups in total. The maximum absolute atomic E-state index is 10.9. The second-order valence-electron chi connectivity index (χ2n) is 1.66. The molecule has 0 atom stereocenters. The summed E-state index contributed by atoms with van der Waals surface area (Å²) in [4.78, 5) is 0. The molecule has 0 bridgehead atoms. The Balaban J connectivity index is -0.000000320. The predicted molar refractivity (Wildman–Crippen MR) is 35.8 cm³/mol. The van der Waals surface area contributed by atoms with Crippen molar-refractivity contribution in [2.24, 2.45) is 0 Å². The molecule has 0 aliphatic heterocycles. The van der Waals surface area contributed by atoms with Gasteiger partial charge in [0.15, 0.2) is 0 Å². The van der Waals surface area contributed by atoms with Crippen molar-refractivity contribution in [3.63, 3.8) is 0 Å². The van der Waals surface area contributed by atoms with E-state index in [0.29, 0.717) is 0 Å². The van der Waals surface area contributed by atoms with E-state index in [1.807, 2.05) is 0 Å². The lowest BCUT2D eigenvalue weighted by atomic mass is 9.65. The standard InChI is InChI=1S/CH2B2F6.2CH3/c4-2(5,6)1-3(7,8)9;;/h1H2;2*1H3/q-2;2*+1. The van der Waals surface area contributed by atoms with E-state index in [0.717, 1.165) is 0 Å². The molecule has 0 aliphatic carbocycles. The smallest absolute Gasteiger partial charge is 0.451 e. The van der Waals surface area contributed by atoms with Crippen LogP contribution >= 0.6 is 0 Å². The van der Waals surface area contributed by atoms with Gasteiger partial charge in [0.2, 0.25) is 0 Å². The van der Waals surface area contributed by atoms with Gasteiger partial charge in [-0.15, -0.1) is 6.22 Å². The van der Waals surface area contributed by atoms with Gasteiger partial charge in [-0.2, -0.15) is 0 Å². The Labute approximate surface area is 62.1 Å². The average Bonchev–Trinajstić information content (AvgIpc) is 1.14. The van der Waals surface area contributed by atoms with Gasteiger partial charge >= 0.3 is 14.0 Å². The molecule has 0 saturated carbocycles. The fourth-order valence-electron chi connectivity index (χ4n) is 0.303. The zero-order valence-electron chi connectivity index (χ0n) is 6.13. The van der Waals surface area contributed by atoms with Crippen molar-refractivity contribution in [2.45, 2.75) is 6.22 Å². The fourth-order valence-corrected chi connectivity index (χ4v) is 0.303. The summed E-state index contributed by atoms with van der Waals surface area (Å²) in [5, 5.41) is 0. The number of rotatable bonds is 2. The topological polar surface area (TPSA) is 0 Å². The summed E-state index contributed by atoms with van der Waals surface area (Å²) in [5.74, 6) is 0. The Morgan fingerprint density at radius 1 is 0.636 bits per heavy atom. The first-order chi connectivity index (χ1) is 3.71. The van der Waals surface area contributed by atoms with E-state index >= 15 is 0 Å². The van der Waals surface area contributed by atoms with Crippen molar-refractivity contribution in [3.05, 3.63) is 14.9 Å². The van der Waals surface area contributed by atoms with Crippen LogP contribution in [0.4, 0.5) is 25.9 Å². The molecule has 0 fully saturated rings. The number of hydrogen-bond acceptors (Lipinski definition) is 0. The summed E-state index contributed by atoms with van der Waals surface area (Å²) in [5.41, 5.74) is 0. The van der Waals surface area contributed by atoms with E-state index in [4.69, 9.17) is 0 Å². The molecule has 0 saturated heterocycles. The molecule has 0 aromatic heterocycles. The zero-order chi connectivity index (χ0) is 7.71. The maximum Gasteiger partial charge on any atom is 0.452 e. The van der Waals surface area contributed by atoms with E-state index in [2.05, 4.69) is 0 Å². The molecule has 0 nitrogen and oxygen atoms in total. The normalized spacial score (nSPS) is 11.5. The zero-order valence-corrected chi connectivity index (χ0v) is 6.13. The highest BCUT2D eigenvalue weighted by molar-refractivity contribution is 6.78. The van der Waals surface area contributed by atoms with E-state index in [-0.39, 0.29) is 14.9 Å². The van der Waals surface area contributed by atoms with Crippen molar-refractivity contribution < 1.29 is 25.9 Å². The first-order valence-electron chi connectivity index (χ1n) is 2.13. The largest absolute Gasteiger partial charge is 0.452 e. The summed E-state index contributed by atoms with van der Waals surface area (Å²) in [6.45, 7) is -11.4. The van der Waals surface area contributed by atoms with Gasteiger partial charge in [0, 0.05) is 14.9 Å². The van der Waals surface area contributed by atoms with Crippen molar-refractivity contribution in [1.29, 1.82) is 0 Å². The van der Waals surface area contributed by atoms with E-state index < -0.39 is 20.2 Å². The van der Waals surface area contributed by atoms with Gasteiger partial charge in [-0.05, 0) is 0 Å². The minimum absolute atomic E-state index is 0. The molecule has 0 aromatic rings. The first kappa shape index (κ1) is 16.8. The summed E-state index contributed by atoms with van der Waals surface area (Å²) in [6, 6.07) is 0. The van der Waals surface area contributed by atoms with Gasteiger partial charge in [0.1, 0.15) is 0 Å². The Hall–Kier alpha value is -0.550. The lowest BCUT2D eigenvalue weighted by molar-refractivity contribution is 0.436. The number of halogens is 6. The SMILES string of the molecule is F[B-](F)(F)C[B-](F)(F)F.[CH3+].[CH3+]. The van der Waals surface area contributed by atoms with Crippen LogP contribution in [-0.4, -0.2) is 14.0 Å². The predicted octanol–water partition coefficient (Wildman–Crippen LogP) is 3.12. The third-order valence-corrected chi connectivity index (χ3v) is 0.535. The first-order valence-corrected chi connectivity index (χ1v) is 2.13. The van der Waals surface area contributed by atoms with Crippen LogP contribution in [0.15, 0.2) is 0 Å². The Bertz CT molecular complexity index is 81.0. The third kappa shape index (κ3) is 17.7. The van der Waals surface area contributed by atoms with Crippen molar-refractivity contribution in [2.75, 3.05) is 0 Å². The molecule has 8 heteroatoms. The minimum Gasteiger partial charge on any atom is -0.451 e. The average molecular weight is 180 g/mol. The lowest BCUT2D eigenvalue weighted by Gasteiger charge is -2.21. The summed E-state index contributed by atoms with van der Waals surface area (Å²) < 4.78 is 65.5. The van der Waals surface area contributed by atoms with Gasteiger partial charge in [0.25, 0.3) is 0 Å². The molecular formula is C3H8B2F6. The van der Waals surface area contributed by atoms with Crippen LogP contribution in [0.2, 0.25) is 6.22 Å². The Morgan fingerprint density at radius 2 is 0.818 bits per heavy atom. The second kappa shape index (κ2) is 4.35. The van der Waals surface area contributed by atoms with Crippen LogP contribution in [0.1, 0.15) is 0 Å². The number of hydrogen-bond donors (Lipinski definition) is 0. The highest BCUT2D eigenvalue weighted by atomic mass is 19.4. The van der Waals surface area contributed by atoms with Crippen LogP contribution in [-0.2, 0) is 0 Å². The summed E-state index contributed by atoms with van der Waals surface area (Å²) in [7, 11) is 0. The second-order valence-corrected chi connectivity index (χ2v) is 1.66. The van der Waals surface area contributed by atoms with Crippen LogP contribution in [0, 0.1) is 14.9 Å². The van der Waals surface area contributed by atoms with Crippen molar-refractivity contribution >= 4 is 14.0 Å². The van der Waals surface area contributed by atoms with Gasteiger partial charge < -0.3 is 25.9 Å². The van der Waals surface area contributed by atoms with Crippen LogP contribution < -0.4 is 0 Å². The molecule has 0 aliphatic rings. The maximum atomic E-state index is 10.9. The molecule has 0 radical (unpaired) electrons. The van der Waals surface area contributed by atoms with Gasteiger partial charge in [-0.1, -0.05) is 0 Å². The highest BCUT2D eigenvalue weighted by Gasteiger charge is 2.34. The quantitative estimate of drug-likeness (QED) is 0.347. The molecule has 0 unspecified atom stereocenters. The third-order valence-electron chi connectivity index (χ3n) is 0.535. The van der Waals surface area contributed by atoms with E-state index in [9.17, 15) is 25.9 Å². The Kier molecular flexibility index (Phi) is 6.65. The molecular weight excluding hydrogens is 172 g/mol. The summed E-state index contributed by atoms with van der Waals surface area (Å²) in [6.07, 6.45) is -2.58. The monoisotopic (exact) mass is 180 g/mol. The molecule has 0 aromatic carbocycles. The molecule has 0 spiro atoms. The van der Waals surface area contributed by atoms with Crippen molar-refractivity contribution in [3.8, 4) is 0 Å². The van der Waals surface area contributed by atoms with Crippen LogP contribution in [0.25, 0.3) is 0 Å². The Morgan fingerprint density at radius 3 is 0.818 bits per heavy atom. The van der Waals surface area contributed by atoms with Gasteiger partial charge in [-0.25, -0.2) is 0 Å². The van der Waals surface area contributed by atoms with E-state index in [1.54, 1.807) is 0 Å². The van der Waals surface area contributed by atoms with Gasteiger partial charge in [-0.3, -0.25) is 0 Å². The molecule has 68 valence electrons. The molecule has 0 rings (SSSR count). The highest BCUT2D eigenvalue weighted by Crippen LogP contribution is 2.25. The molecule has 0 heterocycles. The fraction of sp³-hybridized carbons (Fsp3) is 0.333. The van der Waals surface area contributed by atoms with Crippen LogP contribution in [0.3, 0.4) is 0 Å². The van der Waals surface area contributed by atoms with Gasteiger partial charge in [0.05, 0.1) is 0 Å². The lowest BCUT2D eigenvalue weighted by Crippen LogP contribution is -2.29. The van der Waals surface area contributed by atoms with Crippen LogP contribution in [0.5, 0.6) is 0 Å². The van der Waals surface area contributed by atoms with Crippen molar-refractivity contribution in [1.82, 2.24) is 0 Å².